The molecule has 0 heterocycles. The van der Waals surface area contributed by atoms with Crippen LogP contribution in [0.2, 0.25) is 0 Å². The topological polar surface area (TPSA) is 89.9 Å². The Balaban J connectivity index is 1.88. The first-order valence-corrected chi connectivity index (χ1v) is 10.8. The van der Waals surface area contributed by atoms with Gasteiger partial charge >= 0.3 is 17.9 Å². The summed E-state index contributed by atoms with van der Waals surface area (Å²) in [6.45, 7) is 7.25. The molecule has 3 aliphatic carbocycles. The van der Waals surface area contributed by atoms with Gasteiger partial charge in [0.15, 0.2) is 0 Å². The van der Waals surface area contributed by atoms with E-state index >= 15 is 0 Å². The van der Waals surface area contributed by atoms with Crippen LogP contribution in [0.1, 0.15) is 72.6 Å². The van der Waals surface area contributed by atoms with Crippen molar-refractivity contribution in [3.8, 4) is 0 Å². The Labute approximate surface area is 173 Å². The summed E-state index contributed by atoms with van der Waals surface area (Å²) in [4.78, 5) is 34.4. The van der Waals surface area contributed by atoms with Crippen LogP contribution in [-0.4, -0.2) is 29.1 Å². The minimum Gasteiger partial charge on any atom is -0.481 e. The number of hydrogen-bond acceptors (Lipinski definition) is 5. The number of carbonyl (C=O) groups is 3. The molecule has 6 nitrogen and oxygen atoms in total. The molecule has 0 aromatic rings. The van der Waals surface area contributed by atoms with Crippen LogP contribution in [0.4, 0.5) is 0 Å². The summed E-state index contributed by atoms with van der Waals surface area (Å²) in [6.07, 6.45) is 9.24. The number of aliphatic carboxylic acids is 1. The van der Waals surface area contributed by atoms with E-state index in [1.54, 1.807) is 0 Å². The molecule has 1 N–H and O–H groups in total. The van der Waals surface area contributed by atoms with Crippen molar-refractivity contribution in [3.63, 3.8) is 0 Å². The maximum absolute atomic E-state index is 11.6. The number of esters is 2. The third-order valence-corrected chi connectivity index (χ3v) is 8.27. The Morgan fingerprint density at radius 3 is 2.34 bits per heavy atom. The molecule has 7 atom stereocenters. The highest BCUT2D eigenvalue weighted by Gasteiger charge is 2.60. The third-order valence-electron chi connectivity index (χ3n) is 8.27. The molecule has 0 radical (unpaired) electrons. The molecule has 3 saturated carbocycles. The van der Waals surface area contributed by atoms with E-state index in [-0.39, 0.29) is 41.2 Å². The molecule has 0 amide bonds. The van der Waals surface area contributed by atoms with E-state index in [1.807, 2.05) is 6.08 Å². The van der Waals surface area contributed by atoms with Gasteiger partial charge in [-0.2, -0.15) is 0 Å². The average Bonchev–Trinajstić information content (AvgIpc) is 2.93. The summed E-state index contributed by atoms with van der Waals surface area (Å²) in [5.41, 5.74) is -0.343. The molecule has 162 valence electrons. The molecule has 0 bridgehead atoms. The second-order valence-corrected chi connectivity index (χ2v) is 9.75. The summed E-state index contributed by atoms with van der Waals surface area (Å²) >= 11 is 0. The third kappa shape index (κ3) is 4.08. The lowest BCUT2D eigenvalue weighted by atomic mass is 9.47. The molecule has 0 spiro atoms. The first kappa shape index (κ1) is 21.8. The summed E-state index contributed by atoms with van der Waals surface area (Å²) < 4.78 is 10.8. The van der Waals surface area contributed by atoms with Crippen molar-refractivity contribution >= 4 is 17.9 Å². The highest BCUT2D eigenvalue weighted by molar-refractivity contribution is 5.67. The van der Waals surface area contributed by atoms with Crippen molar-refractivity contribution in [1.82, 2.24) is 0 Å². The lowest BCUT2D eigenvalue weighted by molar-refractivity contribution is -0.159. The second kappa shape index (κ2) is 8.11. The Morgan fingerprint density at radius 2 is 1.72 bits per heavy atom. The standard InChI is InChI=1S/C23H34O6/c1-14(24)28-12-11-22(3)16(13-21(26)27)5-6-17-18-7-8-20(29-15(2)25)23(18,4)10-9-19(17)22/h11-12,16-20H,5-10,13H2,1-4H3,(H,26,27)/b12-11-/t16-,17-,18-,19-,20-,22+,23-/m0/s1. The quantitative estimate of drug-likeness (QED) is 0.540. The van der Waals surface area contributed by atoms with Gasteiger partial charge in [-0.3, -0.25) is 14.4 Å². The molecule has 3 fully saturated rings. The van der Waals surface area contributed by atoms with Crippen LogP contribution in [0.25, 0.3) is 0 Å². The summed E-state index contributed by atoms with van der Waals surface area (Å²) in [7, 11) is 0. The maximum Gasteiger partial charge on any atom is 0.307 e. The van der Waals surface area contributed by atoms with Crippen LogP contribution < -0.4 is 0 Å². The van der Waals surface area contributed by atoms with E-state index in [9.17, 15) is 19.5 Å². The molecule has 0 aromatic heterocycles. The number of hydrogen-bond donors (Lipinski definition) is 1. The smallest absolute Gasteiger partial charge is 0.307 e. The number of ether oxygens (including phenoxy) is 2. The lowest BCUT2D eigenvalue weighted by Gasteiger charge is -2.57. The molecule has 0 saturated heterocycles. The Kier molecular flexibility index (Phi) is 6.11. The minimum absolute atomic E-state index is 0.00696. The largest absolute Gasteiger partial charge is 0.481 e. The Hall–Kier alpha value is -1.85. The van der Waals surface area contributed by atoms with Crippen LogP contribution in [-0.2, 0) is 23.9 Å². The maximum atomic E-state index is 11.6. The van der Waals surface area contributed by atoms with Gasteiger partial charge in [-0.1, -0.05) is 13.8 Å². The fourth-order valence-electron chi connectivity index (χ4n) is 6.88. The van der Waals surface area contributed by atoms with E-state index in [0.29, 0.717) is 17.8 Å². The van der Waals surface area contributed by atoms with Crippen LogP contribution >= 0.6 is 0 Å². The first-order valence-electron chi connectivity index (χ1n) is 10.8. The Bertz CT molecular complexity index is 699. The lowest BCUT2D eigenvalue weighted by Crippen LogP contribution is -2.52. The fraction of sp³-hybridized carbons (Fsp3) is 0.783. The van der Waals surface area contributed by atoms with Gasteiger partial charge in [0.2, 0.25) is 0 Å². The van der Waals surface area contributed by atoms with E-state index in [1.165, 1.54) is 20.1 Å². The van der Waals surface area contributed by atoms with E-state index in [4.69, 9.17) is 9.47 Å². The highest BCUT2D eigenvalue weighted by Crippen LogP contribution is 2.65. The number of carboxylic acids is 1. The predicted octanol–water partition coefficient (Wildman–Crippen LogP) is 4.33. The number of allylic oxidation sites excluding steroid dienone is 1. The van der Waals surface area contributed by atoms with Crippen molar-refractivity contribution in [2.45, 2.75) is 78.7 Å². The molecule has 3 aliphatic rings. The van der Waals surface area contributed by atoms with Crippen LogP contribution in [0.3, 0.4) is 0 Å². The van der Waals surface area contributed by atoms with Gasteiger partial charge in [0.05, 0.1) is 6.26 Å². The zero-order valence-electron chi connectivity index (χ0n) is 18.0. The molecule has 29 heavy (non-hydrogen) atoms. The van der Waals surface area contributed by atoms with Gasteiger partial charge in [-0.25, -0.2) is 0 Å². The zero-order valence-corrected chi connectivity index (χ0v) is 18.0. The minimum atomic E-state index is -0.781. The van der Waals surface area contributed by atoms with Crippen molar-refractivity contribution in [3.05, 3.63) is 12.3 Å². The molecular formula is C23H34O6. The van der Waals surface area contributed by atoms with Crippen molar-refractivity contribution < 1.29 is 29.0 Å². The van der Waals surface area contributed by atoms with E-state index < -0.39 is 5.97 Å². The van der Waals surface area contributed by atoms with Crippen LogP contribution in [0, 0.1) is 34.5 Å². The van der Waals surface area contributed by atoms with Crippen LogP contribution in [0.15, 0.2) is 12.3 Å². The van der Waals surface area contributed by atoms with Gasteiger partial charge in [-0.05, 0) is 73.7 Å². The number of carboxylic acid groups (broad SMARTS) is 1. The zero-order chi connectivity index (χ0) is 21.4. The number of rotatable bonds is 5. The Morgan fingerprint density at radius 1 is 1.00 bits per heavy atom. The van der Waals surface area contributed by atoms with E-state index in [0.717, 1.165) is 38.5 Å². The van der Waals surface area contributed by atoms with Gasteiger partial charge in [-0.15, -0.1) is 0 Å². The van der Waals surface area contributed by atoms with Crippen molar-refractivity contribution in [1.29, 1.82) is 0 Å². The van der Waals surface area contributed by atoms with Gasteiger partial charge in [0.25, 0.3) is 0 Å². The highest BCUT2D eigenvalue weighted by atomic mass is 16.5. The monoisotopic (exact) mass is 406 g/mol. The van der Waals surface area contributed by atoms with Gasteiger partial charge in [0.1, 0.15) is 6.10 Å². The molecule has 0 unspecified atom stereocenters. The fourth-order valence-corrected chi connectivity index (χ4v) is 6.88. The summed E-state index contributed by atoms with van der Waals surface area (Å²) in [5.74, 6) is -0.0765. The molecule has 6 heteroatoms. The normalized spacial score (nSPS) is 41.4. The first-order chi connectivity index (χ1) is 13.6. The van der Waals surface area contributed by atoms with E-state index in [2.05, 4.69) is 13.8 Å². The number of carbonyl (C=O) groups excluding carboxylic acids is 2. The molecule has 3 rings (SSSR count). The van der Waals surface area contributed by atoms with Gasteiger partial charge in [0, 0.05) is 25.7 Å². The average molecular weight is 407 g/mol. The van der Waals surface area contributed by atoms with Crippen LogP contribution in [0.5, 0.6) is 0 Å². The second-order valence-electron chi connectivity index (χ2n) is 9.75. The molecule has 0 aliphatic heterocycles. The summed E-state index contributed by atoms with van der Waals surface area (Å²) in [6, 6.07) is 0. The van der Waals surface area contributed by atoms with Gasteiger partial charge < -0.3 is 14.6 Å². The SMILES string of the molecule is CC(=O)O/C=C\[C@]1(C)[C@H](CC(=O)O)CC[C@@H]2[C@@H]1CC[C@]1(C)[C@@H](OC(C)=O)CC[C@@H]21. The molecular weight excluding hydrogens is 372 g/mol. The predicted molar refractivity (Wildman–Crippen MR) is 107 cm³/mol. The summed E-state index contributed by atoms with van der Waals surface area (Å²) in [5, 5.41) is 9.46. The van der Waals surface area contributed by atoms with Crippen molar-refractivity contribution in [2.24, 2.45) is 34.5 Å². The number of fused-ring (bicyclic) bond motifs is 3. The molecule has 0 aromatic carbocycles. The van der Waals surface area contributed by atoms with Crippen molar-refractivity contribution in [2.75, 3.05) is 0 Å².